The number of hydrogen-bond acceptors (Lipinski definition) is 2. The van der Waals surface area contributed by atoms with Crippen LogP contribution in [0.2, 0.25) is 0 Å². The summed E-state index contributed by atoms with van der Waals surface area (Å²) in [6.45, 7) is 11.2. The van der Waals surface area contributed by atoms with E-state index in [2.05, 4.69) is 48.6 Å². The standard InChI is InChI=1S/C29H42N2O/c1-27(2,3)26(32)31-21-12-14-28(4)20(17-21)8-9-22-24-11-10-23(19-7-6-16-30-18-19)29(24,5)15-13-25(22)28/h6-7,10,16,18,20-22,24-25H,8-9,11-15,17H2,1-5H3,(H,31,32)/t20?,21-,22+,24+,25+,28+,29-/m1/s1. The van der Waals surface area contributed by atoms with Crippen molar-refractivity contribution in [2.75, 3.05) is 0 Å². The molecular formula is C29H42N2O. The van der Waals surface area contributed by atoms with E-state index in [4.69, 9.17) is 0 Å². The minimum atomic E-state index is -0.298. The van der Waals surface area contributed by atoms with Gasteiger partial charge in [-0.15, -0.1) is 0 Å². The summed E-state index contributed by atoms with van der Waals surface area (Å²) >= 11 is 0. The summed E-state index contributed by atoms with van der Waals surface area (Å²) < 4.78 is 0. The Kier molecular flexibility index (Phi) is 5.34. The molecular weight excluding hydrogens is 392 g/mol. The Morgan fingerprint density at radius 1 is 1.09 bits per heavy atom. The molecule has 3 saturated carbocycles. The molecule has 3 heteroatoms. The fourth-order valence-electron chi connectivity index (χ4n) is 8.33. The second kappa shape index (κ2) is 7.71. The molecule has 1 unspecified atom stereocenters. The highest BCUT2D eigenvalue weighted by atomic mass is 16.2. The number of carbonyl (C=O) groups is 1. The normalized spacial score (nSPS) is 41.2. The summed E-state index contributed by atoms with van der Waals surface area (Å²) in [6, 6.07) is 4.71. The van der Waals surface area contributed by atoms with E-state index in [1.807, 2.05) is 27.0 Å². The number of aromatic nitrogens is 1. The maximum atomic E-state index is 12.6. The van der Waals surface area contributed by atoms with E-state index in [9.17, 15) is 4.79 Å². The molecule has 4 aliphatic carbocycles. The fraction of sp³-hybridized carbons (Fsp3) is 0.724. The van der Waals surface area contributed by atoms with E-state index in [0.717, 1.165) is 30.1 Å². The topological polar surface area (TPSA) is 42.0 Å². The van der Waals surface area contributed by atoms with Gasteiger partial charge in [0.15, 0.2) is 0 Å². The Bertz CT molecular complexity index is 899. The highest BCUT2D eigenvalue weighted by Gasteiger charge is 2.58. The van der Waals surface area contributed by atoms with Gasteiger partial charge in [0.1, 0.15) is 0 Å². The van der Waals surface area contributed by atoms with Crippen molar-refractivity contribution in [1.29, 1.82) is 0 Å². The Morgan fingerprint density at radius 3 is 2.62 bits per heavy atom. The lowest BCUT2D eigenvalue weighted by atomic mass is 9.44. The SMILES string of the molecule is CC(C)(C)C(=O)N[C@@H]1CC[C@@]2(C)C(CC[C@@H]3[C@@H]2CC[C@]2(C)C(c4cccnc4)=CC[C@@H]32)C1. The molecule has 1 N–H and O–H groups in total. The molecule has 1 amide bonds. The van der Waals surface area contributed by atoms with Gasteiger partial charge < -0.3 is 5.32 Å². The predicted molar refractivity (Wildman–Crippen MR) is 131 cm³/mol. The Hall–Kier alpha value is -1.64. The van der Waals surface area contributed by atoms with Crippen molar-refractivity contribution in [3.05, 3.63) is 36.2 Å². The van der Waals surface area contributed by atoms with Crippen molar-refractivity contribution in [1.82, 2.24) is 10.3 Å². The molecule has 1 aromatic heterocycles. The number of rotatable bonds is 2. The maximum Gasteiger partial charge on any atom is 0.225 e. The summed E-state index contributed by atoms with van der Waals surface area (Å²) in [4.78, 5) is 17.0. The molecule has 1 aromatic rings. The zero-order valence-corrected chi connectivity index (χ0v) is 20.8. The Labute approximate surface area is 194 Å². The zero-order chi connectivity index (χ0) is 22.7. The maximum absolute atomic E-state index is 12.6. The van der Waals surface area contributed by atoms with E-state index >= 15 is 0 Å². The fourth-order valence-corrected chi connectivity index (χ4v) is 8.33. The summed E-state index contributed by atoms with van der Waals surface area (Å²) in [7, 11) is 0. The van der Waals surface area contributed by atoms with Crippen molar-refractivity contribution in [2.45, 2.75) is 92.0 Å². The van der Waals surface area contributed by atoms with Gasteiger partial charge in [-0.1, -0.05) is 46.8 Å². The number of nitrogens with zero attached hydrogens (tertiary/aromatic N) is 1. The highest BCUT2D eigenvalue weighted by Crippen LogP contribution is 2.67. The number of hydrogen-bond donors (Lipinski definition) is 1. The Balaban J connectivity index is 1.32. The first-order chi connectivity index (χ1) is 15.1. The van der Waals surface area contributed by atoms with Gasteiger partial charge >= 0.3 is 0 Å². The van der Waals surface area contributed by atoms with Crippen LogP contribution in [0.3, 0.4) is 0 Å². The van der Waals surface area contributed by atoms with Gasteiger partial charge in [-0.25, -0.2) is 0 Å². The van der Waals surface area contributed by atoms with Crippen LogP contribution in [-0.4, -0.2) is 16.9 Å². The quantitative estimate of drug-likeness (QED) is 0.566. The van der Waals surface area contributed by atoms with Crippen molar-refractivity contribution in [3.8, 4) is 0 Å². The first-order valence-corrected chi connectivity index (χ1v) is 13.0. The molecule has 4 aliphatic rings. The van der Waals surface area contributed by atoms with Gasteiger partial charge in [-0.3, -0.25) is 9.78 Å². The number of carbonyl (C=O) groups excluding carboxylic acids is 1. The van der Waals surface area contributed by atoms with Crippen LogP contribution in [0.1, 0.15) is 91.5 Å². The lowest BCUT2D eigenvalue weighted by molar-refractivity contribution is -0.132. The van der Waals surface area contributed by atoms with Crippen LogP contribution in [0.4, 0.5) is 0 Å². The van der Waals surface area contributed by atoms with E-state index in [0.29, 0.717) is 16.9 Å². The monoisotopic (exact) mass is 434 g/mol. The molecule has 0 spiro atoms. The van der Waals surface area contributed by atoms with Crippen LogP contribution in [0.25, 0.3) is 5.57 Å². The van der Waals surface area contributed by atoms with Crippen LogP contribution >= 0.6 is 0 Å². The van der Waals surface area contributed by atoms with Crippen molar-refractivity contribution < 1.29 is 4.79 Å². The Morgan fingerprint density at radius 2 is 1.91 bits per heavy atom. The minimum absolute atomic E-state index is 0.216. The second-order valence-corrected chi connectivity index (χ2v) is 12.9. The van der Waals surface area contributed by atoms with Crippen LogP contribution in [0, 0.1) is 39.9 Å². The van der Waals surface area contributed by atoms with Crippen molar-refractivity contribution in [2.24, 2.45) is 39.9 Å². The largest absolute Gasteiger partial charge is 0.353 e. The smallest absolute Gasteiger partial charge is 0.225 e. The molecule has 3 fully saturated rings. The first-order valence-electron chi connectivity index (χ1n) is 13.0. The average molecular weight is 435 g/mol. The van der Waals surface area contributed by atoms with Crippen LogP contribution in [0.5, 0.6) is 0 Å². The number of allylic oxidation sites excluding steroid dienone is 2. The van der Waals surface area contributed by atoms with Gasteiger partial charge in [0.05, 0.1) is 0 Å². The van der Waals surface area contributed by atoms with Gasteiger partial charge in [-0.2, -0.15) is 0 Å². The minimum Gasteiger partial charge on any atom is -0.353 e. The first kappa shape index (κ1) is 22.2. The molecule has 1 heterocycles. The average Bonchev–Trinajstić information content (AvgIpc) is 3.11. The number of amides is 1. The third-order valence-electron chi connectivity index (χ3n) is 10.2. The molecule has 5 rings (SSSR count). The van der Waals surface area contributed by atoms with Crippen molar-refractivity contribution >= 4 is 11.5 Å². The van der Waals surface area contributed by atoms with E-state index in [1.54, 1.807) is 5.57 Å². The van der Waals surface area contributed by atoms with Crippen LogP contribution in [0.15, 0.2) is 30.6 Å². The van der Waals surface area contributed by atoms with E-state index in [1.165, 1.54) is 50.5 Å². The number of nitrogens with one attached hydrogen (secondary N) is 1. The lowest BCUT2D eigenvalue weighted by Crippen LogP contribution is -2.55. The third kappa shape index (κ3) is 3.46. The predicted octanol–water partition coefficient (Wildman–Crippen LogP) is 6.65. The summed E-state index contributed by atoms with van der Waals surface area (Å²) in [5.41, 5.74) is 3.37. The molecule has 0 bridgehead atoms. The summed E-state index contributed by atoms with van der Waals surface area (Å²) in [5.74, 6) is 3.46. The molecule has 32 heavy (non-hydrogen) atoms. The van der Waals surface area contributed by atoms with Crippen LogP contribution < -0.4 is 5.32 Å². The van der Waals surface area contributed by atoms with E-state index < -0.39 is 0 Å². The zero-order valence-electron chi connectivity index (χ0n) is 20.8. The third-order valence-corrected chi connectivity index (χ3v) is 10.2. The molecule has 0 aromatic carbocycles. The molecule has 174 valence electrons. The second-order valence-electron chi connectivity index (χ2n) is 12.9. The van der Waals surface area contributed by atoms with E-state index in [-0.39, 0.29) is 11.3 Å². The summed E-state index contributed by atoms with van der Waals surface area (Å²) in [6.07, 6.45) is 16.8. The molecule has 0 saturated heterocycles. The van der Waals surface area contributed by atoms with Gasteiger partial charge in [0.2, 0.25) is 5.91 Å². The van der Waals surface area contributed by atoms with Crippen molar-refractivity contribution in [3.63, 3.8) is 0 Å². The number of pyridine rings is 1. The molecule has 0 radical (unpaired) electrons. The van der Waals surface area contributed by atoms with Gasteiger partial charge in [0.25, 0.3) is 0 Å². The summed E-state index contributed by atoms with van der Waals surface area (Å²) in [5, 5.41) is 3.39. The lowest BCUT2D eigenvalue weighted by Gasteiger charge is -2.61. The van der Waals surface area contributed by atoms with Crippen LogP contribution in [-0.2, 0) is 4.79 Å². The molecule has 0 aliphatic heterocycles. The molecule has 7 atom stereocenters. The molecule has 3 nitrogen and oxygen atoms in total. The van der Waals surface area contributed by atoms with Gasteiger partial charge in [-0.05, 0) is 103 Å². The highest BCUT2D eigenvalue weighted by molar-refractivity contribution is 5.81. The number of fused-ring (bicyclic) bond motifs is 5. The van der Waals surface area contributed by atoms with Gasteiger partial charge in [0, 0.05) is 23.9 Å².